The molecule has 1 aliphatic rings. The zero-order chi connectivity index (χ0) is 14.1. The third-order valence-electron chi connectivity index (χ3n) is 3.29. The normalized spacial score (nSPS) is 14.3. The van der Waals surface area contributed by atoms with Crippen LogP contribution in [0.15, 0.2) is 39.5 Å². The average molecular weight is 371 g/mol. The van der Waals surface area contributed by atoms with Gasteiger partial charge in [0.1, 0.15) is 0 Å². The number of rotatable bonds is 4. The molecule has 0 spiro atoms. The Morgan fingerprint density at radius 1 is 1.40 bits per heavy atom. The number of halogens is 2. The summed E-state index contributed by atoms with van der Waals surface area (Å²) in [5.74, 6) is 0.0573. The van der Waals surface area contributed by atoms with E-state index in [1.807, 2.05) is 16.3 Å². The number of thiophene rings is 1. The van der Waals surface area contributed by atoms with E-state index in [9.17, 15) is 4.79 Å². The first-order valence-electron chi connectivity index (χ1n) is 6.41. The van der Waals surface area contributed by atoms with Gasteiger partial charge < -0.3 is 4.90 Å². The monoisotopic (exact) mass is 369 g/mol. The summed E-state index contributed by atoms with van der Waals surface area (Å²) in [5, 5.41) is 4.71. The first kappa shape index (κ1) is 14.1. The van der Waals surface area contributed by atoms with Gasteiger partial charge in [0.25, 0.3) is 5.91 Å². The Morgan fingerprint density at radius 2 is 2.20 bits per heavy atom. The van der Waals surface area contributed by atoms with Gasteiger partial charge in [-0.15, -0.1) is 0 Å². The van der Waals surface area contributed by atoms with E-state index in [2.05, 4.69) is 27.4 Å². The highest BCUT2D eigenvalue weighted by Gasteiger charge is 2.33. The fourth-order valence-electron chi connectivity index (χ4n) is 2.18. The first-order valence-corrected chi connectivity index (χ1v) is 8.53. The number of carbonyl (C=O) groups excluding carboxylic acids is 1. The highest BCUT2D eigenvalue weighted by Crippen LogP contribution is 2.31. The van der Waals surface area contributed by atoms with Gasteiger partial charge in [0, 0.05) is 27.6 Å². The third-order valence-corrected chi connectivity index (χ3v) is 4.70. The van der Waals surface area contributed by atoms with Gasteiger partial charge in [0.2, 0.25) is 0 Å². The summed E-state index contributed by atoms with van der Waals surface area (Å²) >= 11 is 11.1. The minimum Gasteiger partial charge on any atom is -0.331 e. The number of nitrogens with zero attached hydrogens (tertiary/aromatic N) is 1. The molecule has 2 nitrogen and oxygen atoms in total. The Bertz CT molecular complexity index is 605. The summed E-state index contributed by atoms with van der Waals surface area (Å²) in [4.78, 5) is 14.7. The lowest BCUT2D eigenvalue weighted by Crippen LogP contribution is -2.32. The summed E-state index contributed by atoms with van der Waals surface area (Å²) in [6, 6.07) is 7.80. The van der Waals surface area contributed by atoms with Crippen molar-refractivity contribution in [3.8, 4) is 0 Å². The largest absolute Gasteiger partial charge is 0.331 e. The maximum Gasteiger partial charge on any atom is 0.254 e. The summed E-state index contributed by atoms with van der Waals surface area (Å²) < 4.78 is 0.833. The topological polar surface area (TPSA) is 20.3 Å². The predicted molar refractivity (Wildman–Crippen MR) is 86.4 cm³/mol. The van der Waals surface area contributed by atoms with Crippen LogP contribution in [-0.4, -0.2) is 16.8 Å². The summed E-state index contributed by atoms with van der Waals surface area (Å²) in [6.45, 7) is 0.678. The Hall–Kier alpha value is -0.840. The number of hydrogen-bond acceptors (Lipinski definition) is 2. The van der Waals surface area contributed by atoms with Gasteiger partial charge in [-0.3, -0.25) is 4.79 Å². The highest BCUT2D eigenvalue weighted by molar-refractivity contribution is 9.10. The highest BCUT2D eigenvalue weighted by atomic mass is 79.9. The Labute approximate surface area is 135 Å². The molecule has 5 heteroatoms. The number of amides is 1. The minimum atomic E-state index is 0.0573. The molecule has 0 atom stereocenters. The van der Waals surface area contributed by atoms with E-state index in [1.54, 1.807) is 23.5 Å². The van der Waals surface area contributed by atoms with Crippen LogP contribution >= 0.6 is 38.9 Å². The van der Waals surface area contributed by atoms with Crippen molar-refractivity contribution < 1.29 is 4.79 Å². The van der Waals surface area contributed by atoms with E-state index < -0.39 is 0 Å². The number of benzene rings is 1. The molecule has 3 rings (SSSR count). The quantitative estimate of drug-likeness (QED) is 0.744. The Balaban J connectivity index is 1.85. The maximum atomic E-state index is 12.7. The van der Waals surface area contributed by atoms with Crippen molar-refractivity contribution in [1.82, 2.24) is 4.90 Å². The molecular weight excluding hydrogens is 358 g/mol. The molecule has 0 unspecified atom stereocenters. The number of carbonyl (C=O) groups is 1. The smallest absolute Gasteiger partial charge is 0.254 e. The van der Waals surface area contributed by atoms with Gasteiger partial charge in [-0.2, -0.15) is 11.3 Å². The van der Waals surface area contributed by atoms with Gasteiger partial charge in [-0.05, 0) is 53.4 Å². The van der Waals surface area contributed by atoms with Gasteiger partial charge in [0.15, 0.2) is 0 Å². The molecule has 2 aromatic rings. The predicted octanol–water partition coefficient (Wildman–Crippen LogP) is 4.97. The lowest BCUT2D eigenvalue weighted by Gasteiger charge is -2.22. The van der Waals surface area contributed by atoms with Crippen LogP contribution < -0.4 is 0 Å². The third kappa shape index (κ3) is 3.25. The molecular formula is C15H13BrClNOS. The van der Waals surface area contributed by atoms with Crippen molar-refractivity contribution >= 4 is 44.8 Å². The first-order chi connectivity index (χ1) is 9.63. The van der Waals surface area contributed by atoms with Crippen LogP contribution in [0.3, 0.4) is 0 Å². The van der Waals surface area contributed by atoms with Crippen LogP contribution in [0.5, 0.6) is 0 Å². The maximum absolute atomic E-state index is 12.7. The second kappa shape index (κ2) is 5.88. The molecule has 0 N–H and O–H groups in total. The molecule has 0 saturated heterocycles. The SMILES string of the molecule is O=C(c1cc(Cl)cc(Br)c1)N(Cc1ccsc1)C1CC1. The molecule has 1 saturated carbocycles. The zero-order valence-corrected chi connectivity index (χ0v) is 13.8. The molecule has 0 aliphatic heterocycles. The van der Waals surface area contributed by atoms with Crippen molar-refractivity contribution in [2.24, 2.45) is 0 Å². The van der Waals surface area contributed by atoms with Gasteiger partial charge in [0.05, 0.1) is 0 Å². The van der Waals surface area contributed by atoms with Crippen molar-refractivity contribution in [2.45, 2.75) is 25.4 Å². The van der Waals surface area contributed by atoms with Crippen LogP contribution in [-0.2, 0) is 6.54 Å². The molecule has 1 amide bonds. The fourth-order valence-corrected chi connectivity index (χ4v) is 3.70. The second-order valence-electron chi connectivity index (χ2n) is 4.95. The van der Waals surface area contributed by atoms with Crippen LogP contribution in [0.1, 0.15) is 28.8 Å². The lowest BCUT2D eigenvalue weighted by atomic mass is 10.2. The molecule has 1 aromatic carbocycles. The van der Waals surface area contributed by atoms with E-state index in [0.29, 0.717) is 23.2 Å². The summed E-state index contributed by atoms with van der Waals surface area (Å²) in [6.07, 6.45) is 2.19. The van der Waals surface area contributed by atoms with Crippen molar-refractivity contribution in [3.63, 3.8) is 0 Å². The van der Waals surface area contributed by atoms with E-state index in [0.717, 1.165) is 17.3 Å². The van der Waals surface area contributed by atoms with Crippen LogP contribution in [0, 0.1) is 0 Å². The molecule has 1 fully saturated rings. The summed E-state index contributed by atoms with van der Waals surface area (Å²) in [7, 11) is 0. The van der Waals surface area contributed by atoms with Crippen LogP contribution in [0.25, 0.3) is 0 Å². The molecule has 1 heterocycles. The Kier molecular flexibility index (Phi) is 4.15. The zero-order valence-electron chi connectivity index (χ0n) is 10.7. The average Bonchev–Trinajstić information content (AvgIpc) is 3.11. The second-order valence-corrected chi connectivity index (χ2v) is 7.09. The lowest BCUT2D eigenvalue weighted by molar-refractivity contribution is 0.0730. The molecule has 0 radical (unpaired) electrons. The van der Waals surface area contributed by atoms with E-state index in [1.165, 1.54) is 5.56 Å². The Morgan fingerprint density at radius 3 is 2.80 bits per heavy atom. The van der Waals surface area contributed by atoms with Crippen LogP contribution in [0.2, 0.25) is 5.02 Å². The van der Waals surface area contributed by atoms with E-state index >= 15 is 0 Å². The molecule has 20 heavy (non-hydrogen) atoms. The molecule has 0 bridgehead atoms. The minimum absolute atomic E-state index is 0.0573. The van der Waals surface area contributed by atoms with Gasteiger partial charge in [-0.1, -0.05) is 27.5 Å². The van der Waals surface area contributed by atoms with Gasteiger partial charge in [-0.25, -0.2) is 0 Å². The van der Waals surface area contributed by atoms with E-state index in [4.69, 9.17) is 11.6 Å². The molecule has 104 valence electrons. The van der Waals surface area contributed by atoms with Gasteiger partial charge >= 0.3 is 0 Å². The number of hydrogen-bond donors (Lipinski definition) is 0. The molecule has 1 aliphatic carbocycles. The fraction of sp³-hybridized carbons (Fsp3) is 0.267. The van der Waals surface area contributed by atoms with Crippen molar-refractivity contribution in [1.29, 1.82) is 0 Å². The van der Waals surface area contributed by atoms with Crippen molar-refractivity contribution in [3.05, 3.63) is 55.6 Å². The van der Waals surface area contributed by atoms with Crippen molar-refractivity contribution in [2.75, 3.05) is 0 Å². The van der Waals surface area contributed by atoms with Crippen LogP contribution in [0.4, 0.5) is 0 Å². The van der Waals surface area contributed by atoms with E-state index in [-0.39, 0.29) is 5.91 Å². The standard InChI is InChI=1S/C15H13BrClNOS/c16-12-5-11(6-13(17)7-12)15(19)18(14-1-2-14)8-10-3-4-20-9-10/h3-7,9,14H,1-2,8H2. The summed E-state index contributed by atoms with van der Waals surface area (Å²) in [5.41, 5.74) is 1.84. The molecule has 1 aromatic heterocycles.